The average molecular weight is 425 g/mol. The lowest BCUT2D eigenvalue weighted by molar-refractivity contribution is 0.108. The molecular weight excluding hydrogens is 403 g/mol. The Bertz CT molecular complexity index is 871. The fourth-order valence-corrected chi connectivity index (χ4v) is 5.88. The van der Waals surface area contributed by atoms with Crippen molar-refractivity contribution in [3.8, 4) is 0 Å². The van der Waals surface area contributed by atoms with Crippen molar-refractivity contribution in [1.82, 2.24) is 0 Å². The van der Waals surface area contributed by atoms with Gasteiger partial charge in [0.2, 0.25) is 0 Å². The van der Waals surface area contributed by atoms with Crippen LogP contribution >= 0.6 is 23.9 Å². The molecule has 1 unspecified atom stereocenters. The largest absolute Gasteiger partial charge is 0.288 e. The number of allylic oxidation sites excluding steroid dienone is 6. The Hall–Kier alpha value is -1.76. The molecule has 0 amide bonds. The van der Waals surface area contributed by atoms with E-state index in [0.717, 1.165) is 39.1 Å². The number of rotatable bonds is 5. The van der Waals surface area contributed by atoms with E-state index in [9.17, 15) is 4.79 Å². The molecule has 3 heteroatoms. The van der Waals surface area contributed by atoms with E-state index >= 15 is 0 Å². The van der Waals surface area contributed by atoms with Gasteiger partial charge in [0, 0.05) is 18.8 Å². The monoisotopic (exact) mass is 424 g/mol. The molecule has 0 spiro atoms. The minimum absolute atomic E-state index is 0.230. The van der Waals surface area contributed by atoms with Crippen molar-refractivity contribution in [2.75, 3.05) is 0 Å². The zero-order valence-corrected chi connectivity index (χ0v) is 17.6. The van der Waals surface area contributed by atoms with Gasteiger partial charge in [-0.15, -0.1) is 0 Å². The molecule has 2 aromatic carbocycles. The summed E-state index contributed by atoms with van der Waals surface area (Å²) in [5.41, 5.74) is 4.42. The molecule has 26 heavy (non-hydrogen) atoms. The molecule has 3 rings (SSSR count). The molecule has 1 atom stereocenters. The highest BCUT2D eigenvalue weighted by molar-refractivity contribution is 9.08. The van der Waals surface area contributed by atoms with Gasteiger partial charge in [-0.25, -0.2) is 0 Å². The van der Waals surface area contributed by atoms with E-state index in [2.05, 4.69) is 70.6 Å². The Morgan fingerprint density at radius 2 is 1.77 bits per heavy atom. The van der Waals surface area contributed by atoms with Gasteiger partial charge in [-0.3, -0.25) is 4.79 Å². The summed E-state index contributed by atoms with van der Waals surface area (Å²) < 4.78 is 0. The number of hydrogen-bond acceptors (Lipinski definition) is 1. The zero-order chi connectivity index (χ0) is 18.5. The Balaban J connectivity index is 2.12. The van der Waals surface area contributed by atoms with Crippen LogP contribution in [0.25, 0.3) is 0 Å². The number of carbonyl (C=O) groups is 1. The van der Waals surface area contributed by atoms with Crippen LogP contribution in [0.5, 0.6) is 0 Å². The molecular formula is C23H22BrOP. The van der Waals surface area contributed by atoms with Crippen LogP contribution in [0.3, 0.4) is 0 Å². The van der Waals surface area contributed by atoms with Gasteiger partial charge in [0.25, 0.3) is 0 Å². The summed E-state index contributed by atoms with van der Waals surface area (Å²) in [5, 5.41) is 3.00. The second kappa shape index (κ2) is 8.75. The van der Waals surface area contributed by atoms with E-state index in [1.54, 1.807) is 0 Å². The third kappa shape index (κ3) is 4.14. The summed E-state index contributed by atoms with van der Waals surface area (Å²) in [6, 6.07) is 14.4. The van der Waals surface area contributed by atoms with Gasteiger partial charge in [0.15, 0.2) is 5.52 Å². The van der Waals surface area contributed by atoms with Crippen molar-refractivity contribution in [2.24, 2.45) is 0 Å². The predicted octanol–water partition coefficient (Wildman–Crippen LogP) is 6.55. The first-order valence-electron chi connectivity index (χ1n) is 8.70. The molecule has 1 aliphatic carbocycles. The number of carbonyl (C=O) groups excluding carboxylic acids is 1. The van der Waals surface area contributed by atoms with Crippen molar-refractivity contribution < 1.29 is 4.79 Å². The molecule has 1 aliphatic rings. The quantitative estimate of drug-likeness (QED) is 0.392. The maximum atomic E-state index is 13.7. The summed E-state index contributed by atoms with van der Waals surface area (Å²) in [5.74, 6) is 0. The van der Waals surface area contributed by atoms with Crippen LogP contribution in [0.1, 0.15) is 33.5 Å². The SMILES string of the molecule is Cc1cc(CBr)cc(C)c1C(=O)P(C1=CC=CCC=C1)c1ccccc1. The van der Waals surface area contributed by atoms with Crippen LogP contribution in [-0.2, 0) is 5.33 Å². The first kappa shape index (κ1) is 19.0. The lowest BCUT2D eigenvalue weighted by atomic mass is 10.0. The molecule has 0 aromatic heterocycles. The number of benzene rings is 2. The van der Waals surface area contributed by atoms with Gasteiger partial charge in [0.1, 0.15) is 0 Å². The van der Waals surface area contributed by atoms with E-state index in [1.165, 1.54) is 5.56 Å². The first-order valence-corrected chi connectivity index (χ1v) is 11.2. The Kier molecular flexibility index (Phi) is 6.40. The molecule has 2 aromatic rings. The van der Waals surface area contributed by atoms with E-state index in [1.807, 2.05) is 32.0 Å². The van der Waals surface area contributed by atoms with E-state index in [-0.39, 0.29) is 5.52 Å². The molecule has 0 fully saturated rings. The fraction of sp³-hybridized carbons (Fsp3) is 0.174. The van der Waals surface area contributed by atoms with Crippen molar-refractivity contribution in [3.63, 3.8) is 0 Å². The lowest BCUT2D eigenvalue weighted by Crippen LogP contribution is -2.12. The zero-order valence-electron chi connectivity index (χ0n) is 15.1. The predicted molar refractivity (Wildman–Crippen MR) is 117 cm³/mol. The van der Waals surface area contributed by atoms with Gasteiger partial charge in [-0.05, 0) is 47.6 Å². The molecule has 0 bridgehead atoms. The minimum Gasteiger partial charge on any atom is -0.288 e. The van der Waals surface area contributed by atoms with E-state index in [0.29, 0.717) is 0 Å². The maximum absolute atomic E-state index is 13.7. The van der Waals surface area contributed by atoms with E-state index in [4.69, 9.17) is 0 Å². The normalized spacial score (nSPS) is 14.7. The first-order chi connectivity index (χ1) is 12.6. The van der Waals surface area contributed by atoms with Gasteiger partial charge < -0.3 is 0 Å². The summed E-state index contributed by atoms with van der Waals surface area (Å²) in [6.07, 6.45) is 11.4. The van der Waals surface area contributed by atoms with Gasteiger partial charge in [-0.1, -0.05) is 88.8 Å². The minimum atomic E-state index is -1.10. The highest BCUT2D eigenvalue weighted by Gasteiger charge is 2.27. The molecule has 0 aliphatic heterocycles. The molecule has 0 radical (unpaired) electrons. The van der Waals surface area contributed by atoms with Gasteiger partial charge in [-0.2, -0.15) is 0 Å². The van der Waals surface area contributed by atoms with Crippen LogP contribution in [-0.4, -0.2) is 5.52 Å². The van der Waals surface area contributed by atoms with Gasteiger partial charge >= 0.3 is 0 Å². The number of hydrogen-bond donors (Lipinski definition) is 0. The Morgan fingerprint density at radius 1 is 1.08 bits per heavy atom. The summed E-state index contributed by atoms with van der Waals surface area (Å²) in [7, 11) is -1.10. The van der Waals surface area contributed by atoms with Crippen molar-refractivity contribution in [1.29, 1.82) is 0 Å². The number of alkyl halides is 1. The summed E-state index contributed by atoms with van der Waals surface area (Å²) in [4.78, 5) is 13.7. The van der Waals surface area contributed by atoms with Gasteiger partial charge in [0.05, 0.1) is 0 Å². The molecule has 0 saturated heterocycles. The molecule has 132 valence electrons. The highest BCUT2D eigenvalue weighted by atomic mass is 79.9. The van der Waals surface area contributed by atoms with Crippen LogP contribution in [0.2, 0.25) is 0 Å². The molecule has 0 heterocycles. The van der Waals surface area contributed by atoms with Crippen LogP contribution in [0.4, 0.5) is 0 Å². The molecule has 1 nitrogen and oxygen atoms in total. The topological polar surface area (TPSA) is 17.1 Å². The second-order valence-corrected chi connectivity index (χ2v) is 9.04. The van der Waals surface area contributed by atoms with Crippen molar-refractivity contribution in [3.05, 3.63) is 100 Å². The van der Waals surface area contributed by atoms with Crippen molar-refractivity contribution >= 4 is 34.7 Å². The summed E-state index contributed by atoms with van der Waals surface area (Å²) >= 11 is 3.52. The van der Waals surface area contributed by atoms with Crippen LogP contribution < -0.4 is 5.30 Å². The maximum Gasteiger partial charge on any atom is 0.193 e. The standard InChI is InChI=1S/C23H22BrOP/c1-17-14-19(16-24)15-18(2)22(17)23(25)26(21-12-8-5-9-13-21)20-10-6-3-4-7-11-20/h3,5-15H,4,16H2,1-2H3. The summed E-state index contributed by atoms with van der Waals surface area (Å²) in [6.45, 7) is 4.09. The highest BCUT2D eigenvalue weighted by Crippen LogP contribution is 2.49. The lowest BCUT2D eigenvalue weighted by Gasteiger charge is -2.21. The average Bonchev–Trinajstić information content (AvgIpc) is 2.91. The van der Waals surface area contributed by atoms with Crippen LogP contribution in [0, 0.1) is 13.8 Å². The van der Waals surface area contributed by atoms with E-state index < -0.39 is 7.92 Å². The Labute approximate surface area is 165 Å². The van der Waals surface area contributed by atoms with Crippen molar-refractivity contribution in [2.45, 2.75) is 25.6 Å². The third-order valence-corrected chi connectivity index (χ3v) is 7.31. The second-order valence-electron chi connectivity index (χ2n) is 6.37. The molecule has 0 saturated carbocycles. The Morgan fingerprint density at radius 3 is 2.42 bits per heavy atom. The van der Waals surface area contributed by atoms with Crippen LogP contribution in [0.15, 0.2) is 78.2 Å². The molecule has 0 N–H and O–H groups in total. The third-order valence-electron chi connectivity index (χ3n) is 4.40. The fourth-order valence-electron chi connectivity index (χ4n) is 3.26. The number of aryl methyl sites for hydroxylation is 2. The number of halogens is 1. The smallest absolute Gasteiger partial charge is 0.193 e.